The van der Waals surface area contributed by atoms with Gasteiger partial charge < -0.3 is 14.6 Å². The highest BCUT2D eigenvalue weighted by Crippen LogP contribution is 2.40. The molecule has 4 nitrogen and oxygen atoms in total. The van der Waals surface area contributed by atoms with Crippen molar-refractivity contribution in [2.24, 2.45) is 0 Å². The standard InChI is InChI=1S/C19H17FO4/c1-23-14-7-4-11(5-8-14)15-9-12-3-6-13(20)10-16(12)18(21)17(15)19(22)24-2/h3-8,10,15,21H,9H2,1-2H3. The number of carbonyl (C=O) groups excluding carboxylic acids is 1. The fourth-order valence-corrected chi connectivity index (χ4v) is 3.05. The summed E-state index contributed by atoms with van der Waals surface area (Å²) in [7, 11) is 2.83. The molecule has 0 radical (unpaired) electrons. The summed E-state index contributed by atoms with van der Waals surface area (Å²) in [6.07, 6.45) is 0.469. The van der Waals surface area contributed by atoms with Crippen molar-refractivity contribution in [1.82, 2.24) is 0 Å². The van der Waals surface area contributed by atoms with E-state index in [0.717, 1.165) is 11.1 Å². The van der Waals surface area contributed by atoms with Crippen molar-refractivity contribution < 1.29 is 23.8 Å². The van der Waals surface area contributed by atoms with E-state index in [2.05, 4.69) is 0 Å². The van der Waals surface area contributed by atoms with Crippen LogP contribution >= 0.6 is 0 Å². The Morgan fingerprint density at radius 3 is 2.50 bits per heavy atom. The number of aliphatic hydroxyl groups is 1. The summed E-state index contributed by atoms with van der Waals surface area (Å²) in [6.45, 7) is 0. The molecule has 0 saturated carbocycles. The molecule has 1 unspecified atom stereocenters. The Morgan fingerprint density at radius 2 is 1.88 bits per heavy atom. The van der Waals surface area contributed by atoms with E-state index in [4.69, 9.17) is 9.47 Å². The van der Waals surface area contributed by atoms with E-state index in [0.29, 0.717) is 17.7 Å². The molecule has 0 aromatic heterocycles. The van der Waals surface area contributed by atoms with Gasteiger partial charge in [-0.1, -0.05) is 18.2 Å². The van der Waals surface area contributed by atoms with Crippen molar-refractivity contribution in [1.29, 1.82) is 0 Å². The third-order valence-corrected chi connectivity index (χ3v) is 4.28. The lowest BCUT2D eigenvalue weighted by molar-refractivity contribution is -0.136. The van der Waals surface area contributed by atoms with E-state index in [9.17, 15) is 14.3 Å². The monoisotopic (exact) mass is 328 g/mol. The fourth-order valence-electron chi connectivity index (χ4n) is 3.05. The number of hydrogen-bond acceptors (Lipinski definition) is 4. The minimum atomic E-state index is -0.622. The summed E-state index contributed by atoms with van der Waals surface area (Å²) < 4.78 is 23.5. The van der Waals surface area contributed by atoms with Crippen molar-refractivity contribution >= 4 is 11.7 Å². The maximum absolute atomic E-state index is 13.5. The molecule has 0 heterocycles. The second-order valence-corrected chi connectivity index (χ2v) is 5.59. The molecule has 0 spiro atoms. The summed E-state index contributed by atoms with van der Waals surface area (Å²) >= 11 is 0. The highest BCUT2D eigenvalue weighted by Gasteiger charge is 2.33. The summed E-state index contributed by atoms with van der Waals surface area (Å²) in [5.41, 5.74) is 2.10. The van der Waals surface area contributed by atoms with Gasteiger partial charge in [-0.05, 0) is 41.8 Å². The molecular formula is C19H17FO4. The van der Waals surface area contributed by atoms with Crippen LogP contribution in [0.15, 0.2) is 48.0 Å². The molecule has 0 bridgehead atoms. The molecule has 0 amide bonds. The van der Waals surface area contributed by atoms with Gasteiger partial charge in [-0.15, -0.1) is 0 Å². The molecule has 1 aliphatic carbocycles. The molecule has 24 heavy (non-hydrogen) atoms. The lowest BCUT2D eigenvalue weighted by atomic mass is 9.78. The predicted molar refractivity (Wildman–Crippen MR) is 87.4 cm³/mol. The van der Waals surface area contributed by atoms with Crippen LogP contribution in [-0.4, -0.2) is 25.3 Å². The zero-order valence-electron chi connectivity index (χ0n) is 13.4. The average molecular weight is 328 g/mol. The molecule has 5 heteroatoms. The Hall–Kier alpha value is -2.82. The molecular weight excluding hydrogens is 311 g/mol. The lowest BCUT2D eigenvalue weighted by Gasteiger charge is -2.27. The smallest absolute Gasteiger partial charge is 0.338 e. The molecule has 124 valence electrons. The van der Waals surface area contributed by atoms with Gasteiger partial charge in [-0.25, -0.2) is 9.18 Å². The molecule has 0 saturated heterocycles. The quantitative estimate of drug-likeness (QED) is 0.875. The van der Waals surface area contributed by atoms with Crippen molar-refractivity contribution in [2.75, 3.05) is 14.2 Å². The lowest BCUT2D eigenvalue weighted by Crippen LogP contribution is -2.22. The van der Waals surface area contributed by atoms with E-state index in [1.165, 1.54) is 19.2 Å². The molecule has 2 aromatic rings. The topological polar surface area (TPSA) is 55.8 Å². The van der Waals surface area contributed by atoms with Gasteiger partial charge in [0.15, 0.2) is 0 Å². The van der Waals surface area contributed by atoms with E-state index in [1.54, 1.807) is 25.3 Å². The summed E-state index contributed by atoms with van der Waals surface area (Å²) in [4.78, 5) is 12.2. The summed E-state index contributed by atoms with van der Waals surface area (Å²) in [5, 5.41) is 10.6. The van der Waals surface area contributed by atoms with Crippen molar-refractivity contribution in [2.45, 2.75) is 12.3 Å². The van der Waals surface area contributed by atoms with E-state index >= 15 is 0 Å². The molecule has 1 aliphatic rings. The van der Waals surface area contributed by atoms with Crippen LogP contribution in [0.3, 0.4) is 0 Å². The minimum absolute atomic E-state index is 0.140. The molecule has 0 fully saturated rings. The summed E-state index contributed by atoms with van der Waals surface area (Å²) in [6, 6.07) is 11.5. The first-order chi connectivity index (χ1) is 11.5. The van der Waals surface area contributed by atoms with Crippen LogP contribution in [0.2, 0.25) is 0 Å². The Balaban J connectivity index is 2.13. The van der Waals surface area contributed by atoms with Crippen LogP contribution in [0.1, 0.15) is 22.6 Å². The number of fused-ring (bicyclic) bond motifs is 1. The highest BCUT2D eigenvalue weighted by atomic mass is 19.1. The third kappa shape index (κ3) is 2.73. The highest BCUT2D eigenvalue weighted by molar-refractivity contribution is 5.98. The number of hydrogen-bond donors (Lipinski definition) is 1. The van der Waals surface area contributed by atoms with E-state index in [-0.39, 0.29) is 17.3 Å². The number of aliphatic hydroxyl groups excluding tert-OH is 1. The van der Waals surface area contributed by atoms with Crippen LogP contribution < -0.4 is 4.74 Å². The number of methoxy groups -OCH3 is 2. The second-order valence-electron chi connectivity index (χ2n) is 5.59. The number of esters is 1. The maximum Gasteiger partial charge on any atom is 0.338 e. The number of benzene rings is 2. The molecule has 3 rings (SSSR count). The van der Waals surface area contributed by atoms with E-state index < -0.39 is 11.8 Å². The van der Waals surface area contributed by atoms with Gasteiger partial charge in [0.05, 0.1) is 19.8 Å². The largest absolute Gasteiger partial charge is 0.507 e. The Morgan fingerprint density at radius 1 is 1.17 bits per heavy atom. The molecule has 1 atom stereocenters. The molecule has 2 aromatic carbocycles. The third-order valence-electron chi connectivity index (χ3n) is 4.28. The number of rotatable bonds is 3. The minimum Gasteiger partial charge on any atom is -0.507 e. The van der Waals surface area contributed by atoms with Gasteiger partial charge >= 0.3 is 5.97 Å². The van der Waals surface area contributed by atoms with Crippen LogP contribution in [0.5, 0.6) is 5.75 Å². The Bertz CT molecular complexity index is 809. The fraction of sp³-hybridized carbons (Fsp3) is 0.211. The van der Waals surface area contributed by atoms with Gasteiger partial charge in [0.2, 0.25) is 0 Å². The van der Waals surface area contributed by atoms with Crippen LogP contribution in [0, 0.1) is 5.82 Å². The van der Waals surface area contributed by atoms with Crippen LogP contribution in [0.4, 0.5) is 4.39 Å². The number of carbonyl (C=O) groups is 1. The zero-order valence-corrected chi connectivity index (χ0v) is 13.4. The molecule has 1 N–H and O–H groups in total. The predicted octanol–water partition coefficient (Wildman–Crippen LogP) is 3.62. The number of halogens is 1. The van der Waals surface area contributed by atoms with Gasteiger partial charge in [-0.3, -0.25) is 0 Å². The van der Waals surface area contributed by atoms with Crippen molar-refractivity contribution in [3.05, 3.63) is 70.5 Å². The normalized spacial score (nSPS) is 16.5. The Labute approximate surface area is 139 Å². The average Bonchev–Trinajstić information content (AvgIpc) is 2.61. The van der Waals surface area contributed by atoms with E-state index in [1.807, 2.05) is 12.1 Å². The Kier molecular flexibility index (Phi) is 4.25. The van der Waals surface area contributed by atoms with Gasteiger partial charge in [-0.2, -0.15) is 0 Å². The van der Waals surface area contributed by atoms with Crippen molar-refractivity contribution in [3.8, 4) is 5.75 Å². The number of ether oxygens (including phenoxy) is 2. The van der Waals surface area contributed by atoms with Crippen molar-refractivity contribution in [3.63, 3.8) is 0 Å². The SMILES string of the molecule is COC(=O)C1=C(O)c2cc(F)ccc2CC1c1ccc(OC)cc1. The van der Waals surface area contributed by atoms with Gasteiger partial charge in [0.25, 0.3) is 0 Å². The van der Waals surface area contributed by atoms with Crippen LogP contribution in [0.25, 0.3) is 5.76 Å². The van der Waals surface area contributed by atoms with Gasteiger partial charge in [0, 0.05) is 11.5 Å². The first kappa shape index (κ1) is 16.1. The first-order valence-electron chi connectivity index (χ1n) is 7.49. The van der Waals surface area contributed by atoms with Crippen LogP contribution in [-0.2, 0) is 16.0 Å². The first-order valence-corrected chi connectivity index (χ1v) is 7.49. The van der Waals surface area contributed by atoms with Gasteiger partial charge in [0.1, 0.15) is 17.3 Å². The maximum atomic E-state index is 13.5. The molecule has 0 aliphatic heterocycles. The summed E-state index contributed by atoms with van der Waals surface area (Å²) in [5.74, 6) is -0.995. The second kappa shape index (κ2) is 6.35. The zero-order chi connectivity index (χ0) is 17.3.